The largest absolute Gasteiger partial charge is 0.382 e. The van der Waals surface area contributed by atoms with E-state index in [9.17, 15) is 0 Å². The third kappa shape index (κ3) is 3.78. The molecule has 0 aromatic carbocycles. The van der Waals surface area contributed by atoms with E-state index in [0.717, 1.165) is 12.5 Å². The lowest BCUT2D eigenvalue weighted by Gasteiger charge is -2.21. The molecule has 0 amide bonds. The number of methoxy groups -OCH3 is 2. The second-order valence-electron chi connectivity index (χ2n) is 4.55. The first-order valence-electron chi connectivity index (χ1n) is 6.13. The minimum atomic E-state index is 0.140. The van der Waals surface area contributed by atoms with Crippen molar-refractivity contribution in [1.29, 1.82) is 0 Å². The van der Waals surface area contributed by atoms with Crippen LogP contribution in [0.2, 0.25) is 0 Å². The van der Waals surface area contributed by atoms with E-state index in [-0.39, 0.29) is 6.10 Å². The first-order chi connectivity index (χ1) is 8.35. The molecule has 2 atom stereocenters. The van der Waals surface area contributed by atoms with Crippen molar-refractivity contribution in [2.45, 2.75) is 25.0 Å². The van der Waals surface area contributed by atoms with Crippen LogP contribution >= 0.6 is 11.3 Å². The number of rotatable bonds is 8. The molecule has 0 bridgehead atoms. The molecule has 0 radical (unpaired) electrons. The Kier molecular flexibility index (Phi) is 4.98. The first kappa shape index (κ1) is 13.0. The minimum Gasteiger partial charge on any atom is -0.382 e. The zero-order valence-corrected chi connectivity index (χ0v) is 11.3. The molecule has 3 nitrogen and oxygen atoms in total. The maximum atomic E-state index is 5.37. The van der Waals surface area contributed by atoms with Crippen LogP contribution in [0.25, 0.3) is 0 Å². The van der Waals surface area contributed by atoms with Crippen molar-refractivity contribution in [3.8, 4) is 0 Å². The minimum absolute atomic E-state index is 0.140. The lowest BCUT2D eigenvalue weighted by atomic mass is 10.1. The highest BCUT2D eigenvalue weighted by Crippen LogP contribution is 2.42. The molecule has 2 rings (SSSR count). The Bertz CT molecular complexity index is 311. The normalized spacial score (nSPS) is 19.2. The lowest BCUT2D eigenvalue weighted by Crippen LogP contribution is -2.34. The number of ether oxygens (including phenoxy) is 2. The van der Waals surface area contributed by atoms with E-state index in [0.29, 0.717) is 12.6 Å². The molecule has 0 saturated heterocycles. The molecule has 17 heavy (non-hydrogen) atoms. The van der Waals surface area contributed by atoms with Gasteiger partial charge in [0.05, 0.1) is 12.7 Å². The summed E-state index contributed by atoms with van der Waals surface area (Å²) in [7, 11) is 3.45. The number of hydrogen-bond acceptors (Lipinski definition) is 4. The van der Waals surface area contributed by atoms with Gasteiger partial charge in [0.2, 0.25) is 0 Å². The summed E-state index contributed by atoms with van der Waals surface area (Å²) < 4.78 is 10.5. The maximum absolute atomic E-state index is 5.37. The summed E-state index contributed by atoms with van der Waals surface area (Å²) in [5, 5.41) is 5.77. The Morgan fingerprint density at radius 1 is 1.47 bits per heavy atom. The van der Waals surface area contributed by atoms with Crippen LogP contribution in [0.5, 0.6) is 0 Å². The van der Waals surface area contributed by atoms with Crippen LogP contribution in [-0.4, -0.2) is 33.5 Å². The van der Waals surface area contributed by atoms with Crippen molar-refractivity contribution in [3.63, 3.8) is 0 Å². The van der Waals surface area contributed by atoms with Gasteiger partial charge >= 0.3 is 0 Å². The van der Waals surface area contributed by atoms with Gasteiger partial charge in [0.1, 0.15) is 0 Å². The van der Waals surface area contributed by atoms with E-state index in [1.807, 2.05) is 11.3 Å². The van der Waals surface area contributed by atoms with Gasteiger partial charge in [0, 0.05) is 31.7 Å². The SMILES string of the molecule is COCC(CNC(c1cccs1)C1CC1)OC. The fourth-order valence-electron chi connectivity index (χ4n) is 2.05. The molecule has 2 unspecified atom stereocenters. The van der Waals surface area contributed by atoms with E-state index in [2.05, 4.69) is 22.8 Å². The van der Waals surface area contributed by atoms with E-state index in [4.69, 9.17) is 9.47 Å². The summed E-state index contributed by atoms with van der Waals surface area (Å²) in [5.74, 6) is 0.814. The Morgan fingerprint density at radius 2 is 2.29 bits per heavy atom. The average molecular weight is 255 g/mol. The standard InChI is InChI=1S/C13H21NO2S/c1-15-9-11(16-2)8-14-13(10-5-6-10)12-4-3-7-17-12/h3-4,7,10-11,13-14H,5-6,8-9H2,1-2H3. The Balaban J connectivity index is 1.86. The molecule has 1 aliphatic rings. The Morgan fingerprint density at radius 3 is 2.82 bits per heavy atom. The zero-order valence-electron chi connectivity index (χ0n) is 10.5. The van der Waals surface area contributed by atoms with E-state index >= 15 is 0 Å². The summed E-state index contributed by atoms with van der Waals surface area (Å²) in [6.45, 7) is 1.49. The summed E-state index contributed by atoms with van der Waals surface area (Å²) >= 11 is 1.84. The van der Waals surface area contributed by atoms with Crippen molar-refractivity contribution in [3.05, 3.63) is 22.4 Å². The fourth-order valence-corrected chi connectivity index (χ4v) is 2.95. The smallest absolute Gasteiger partial charge is 0.0928 e. The van der Waals surface area contributed by atoms with E-state index in [1.165, 1.54) is 17.7 Å². The third-order valence-corrected chi connectivity index (χ3v) is 4.15. The van der Waals surface area contributed by atoms with Crippen LogP contribution in [-0.2, 0) is 9.47 Å². The predicted octanol–water partition coefficient (Wildman–Crippen LogP) is 2.45. The third-order valence-electron chi connectivity index (χ3n) is 3.19. The summed E-state index contributed by atoms with van der Waals surface area (Å²) in [5.41, 5.74) is 0. The number of nitrogens with one attached hydrogen (secondary N) is 1. The topological polar surface area (TPSA) is 30.5 Å². The molecule has 1 aromatic heterocycles. The second kappa shape index (κ2) is 6.50. The molecule has 0 aliphatic heterocycles. The van der Waals surface area contributed by atoms with E-state index in [1.54, 1.807) is 14.2 Å². The molecule has 0 spiro atoms. The molecular weight excluding hydrogens is 234 g/mol. The fraction of sp³-hybridized carbons (Fsp3) is 0.692. The molecule has 1 heterocycles. The average Bonchev–Trinajstić information content (AvgIpc) is 3.03. The monoisotopic (exact) mass is 255 g/mol. The highest BCUT2D eigenvalue weighted by Gasteiger charge is 2.32. The molecule has 1 fully saturated rings. The van der Waals surface area contributed by atoms with Crippen molar-refractivity contribution < 1.29 is 9.47 Å². The summed E-state index contributed by atoms with van der Waals surface area (Å²) in [6.07, 6.45) is 2.83. The van der Waals surface area contributed by atoms with Crippen LogP contribution in [0, 0.1) is 5.92 Å². The summed E-state index contributed by atoms with van der Waals surface area (Å²) in [4.78, 5) is 1.44. The molecular formula is C13H21NO2S. The van der Waals surface area contributed by atoms with Crippen LogP contribution in [0.1, 0.15) is 23.8 Å². The highest BCUT2D eigenvalue weighted by molar-refractivity contribution is 7.10. The van der Waals surface area contributed by atoms with Crippen LogP contribution in [0.4, 0.5) is 0 Å². The van der Waals surface area contributed by atoms with Gasteiger partial charge in [0.25, 0.3) is 0 Å². The van der Waals surface area contributed by atoms with Gasteiger partial charge in [-0.1, -0.05) is 6.07 Å². The first-order valence-corrected chi connectivity index (χ1v) is 7.01. The predicted molar refractivity (Wildman–Crippen MR) is 70.5 cm³/mol. The van der Waals surface area contributed by atoms with Crippen molar-refractivity contribution >= 4 is 11.3 Å². The number of thiophene rings is 1. The molecule has 1 aliphatic carbocycles. The van der Waals surface area contributed by atoms with Gasteiger partial charge in [-0.25, -0.2) is 0 Å². The van der Waals surface area contributed by atoms with E-state index < -0.39 is 0 Å². The zero-order chi connectivity index (χ0) is 12.1. The quantitative estimate of drug-likeness (QED) is 0.774. The van der Waals surface area contributed by atoms with Gasteiger partial charge < -0.3 is 14.8 Å². The molecule has 4 heteroatoms. The molecule has 1 saturated carbocycles. The Labute approximate surface area is 107 Å². The van der Waals surface area contributed by atoms with Crippen LogP contribution in [0.15, 0.2) is 17.5 Å². The maximum Gasteiger partial charge on any atom is 0.0928 e. The molecule has 1 aromatic rings. The Hall–Kier alpha value is -0.420. The van der Waals surface area contributed by atoms with Gasteiger partial charge in [-0.2, -0.15) is 0 Å². The second-order valence-corrected chi connectivity index (χ2v) is 5.53. The lowest BCUT2D eigenvalue weighted by molar-refractivity contribution is 0.0270. The number of hydrogen-bond donors (Lipinski definition) is 1. The molecule has 96 valence electrons. The van der Waals surface area contributed by atoms with Crippen LogP contribution < -0.4 is 5.32 Å². The van der Waals surface area contributed by atoms with Gasteiger partial charge in [-0.05, 0) is 30.2 Å². The van der Waals surface area contributed by atoms with Gasteiger partial charge in [-0.3, -0.25) is 0 Å². The van der Waals surface area contributed by atoms with Crippen LogP contribution in [0.3, 0.4) is 0 Å². The highest BCUT2D eigenvalue weighted by atomic mass is 32.1. The van der Waals surface area contributed by atoms with Crippen molar-refractivity contribution in [2.24, 2.45) is 5.92 Å². The summed E-state index contributed by atoms with van der Waals surface area (Å²) in [6, 6.07) is 4.85. The van der Waals surface area contributed by atoms with Gasteiger partial charge in [0.15, 0.2) is 0 Å². The van der Waals surface area contributed by atoms with Crippen molar-refractivity contribution in [2.75, 3.05) is 27.4 Å². The van der Waals surface area contributed by atoms with Crippen molar-refractivity contribution in [1.82, 2.24) is 5.32 Å². The molecule has 1 N–H and O–H groups in total. The van der Waals surface area contributed by atoms with Gasteiger partial charge in [-0.15, -0.1) is 11.3 Å².